The Kier molecular flexibility index (Phi) is 3.34. The monoisotopic (exact) mass is 316 g/mol. The van der Waals surface area contributed by atoms with Crippen molar-refractivity contribution >= 4 is 5.91 Å². The molecule has 0 N–H and O–H groups in total. The summed E-state index contributed by atoms with van der Waals surface area (Å²) >= 11 is 0. The molecule has 3 aliphatic rings. The van der Waals surface area contributed by atoms with Gasteiger partial charge in [0, 0.05) is 35.8 Å². The molecule has 1 saturated carbocycles. The Hall–Kier alpha value is -1.36. The molecule has 2 saturated heterocycles. The lowest BCUT2D eigenvalue weighted by molar-refractivity contribution is -0.140. The van der Waals surface area contributed by atoms with Gasteiger partial charge in [0.25, 0.3) is 0 Å². The van der Waals surface area contributed by atoms with Crippen molar-refractivity contribution in [3.8, 4) is 0 Å². The summed E-state index contributed by atoms with van der Waals surface area (Å²) in [6.07, 6.45) is 4.95. The Balaban J connectivity index is 1.59. The van der Waals surface area contributed by atoms with E-state index in [1.165, 1.54) is 19.3 Å². The van der Waals surface area contributed by atoms with Crippen molar-refractivity contribution in [1.82, 2.24) is 19.6 Å². The van der Waals surface area contributed by atoms with Crippen LogP contribution >= 0.6 is 0 Å². The summed E-state index contributed by atoms with van der Waals surface area (Å²) in [5.41, 5.74) is 2.33. The summed E-state index contributed by atoms with van der Waals surface area (Å²) in [6.45, 7) is 7.70. The number of hydrogen-bond acceptors (Lipinski definition) is 3. The normalized spacial score (nSPS) is 36.5. The van der Waals surface area contributed by atoms with E-state index in [0.29, 0.717) is 24.7 Å². The van der Waals surface area contributed by atoms with Crippen molar-refractivity contribution in [1.29, 1.82) is 0 Å². The number of aryl methyl sites for hydroxylation is 2. The average molecular weight is 316 g/mol. The second-order valence-electron chi connectivity index (χ2n) is 8.12. The molecule has 126 valence electrons. The summed E-state index contributed by atoms with van der Waals surface area (Å²) in [5.74, 6) is 0.244. The van der Waals surface area contributed by atoms with Crippen molar-refractivity contribution in [2.24, 2.45) is 5.41 Å². The van der Waals surface area contributed by atoms with E-state index in [4.69, 9.17) is 0 Å². The standard InChI is InChI=1S/C18H28N4O/c1-12-8-13(2)22(19-12)11-17(23)21-10-14-9-18(3)15(20(14)4)6-5-7-16(18)21/h8,14-16H,5-7,9-11H2,1-4H3/t14-,15-,16+,18-/m0/s1. The molecule has 1 aromatic rings. The van der Waals surface area contributed by atoms with Gasteiger partial charge in [-0.15, -0.1) is 0 Å². The maximum atomic E-state index is 13.0. The highest BCUT2D eigenvalue weighted by Crippen LogP contribution is 2.53. The molecule has 4 atom stereocenters. The molecule has 0 radical (unpaired) electrons. The molecule has 2 aliphatic heterocycles. The Morgan fingerprint density at radius 1 is 1.35 bits per heavy atom. The molecule has 1 amide bonds. The minimum absolute atomic E-state index is 0.244. The number of carbonyl (C=O) groups is 1. The van der Waals surface area contributed by atoms with Crippen LogP contribution < -0.4 is 0 Å². The molecular weight excluding hydrogens is 288 g/mol. The van der Waals surface area contributed by atoms with Crippen LogP contribution in [0.2, 0.25) is 0 Å². The number of fused-ring (bicyclic) bond motifs is 1. The van der Waals surface area contributed by atoms with Crippen molar-refractivity contribution in [3.05, 3.63) is 17.5 Å². The van der Waals surface area contributed by atoms with Crippen molar-refractivity contribution in [2.45, 2.75) is 71.1 Å². The first-order valence-electron chi connectivity index (χ1n) is 8.92. The SMILES string of the molecule is Cc1cc(C)n(CC(=O)N2C[C@@H]3C[C@@]4(C)[C@H](CCC[C@@H]24)N3C)n1. The second kappa shape index (κ2) is 5.07. The largest absolute Gasteiger partial charge is 0.336 e. The van der Waals surface area contributed by atoms with Gasteiger partial charge in [0.15, 0.2) is 0 Å². The molecule has 0 unspecified atom stereocenters. The van der Waals surface area contributed by atoms with Crippen LogP contribution in [-0.2, 0) is 11.3 Å². The lowest BCUT2D eigenvalue weighted by atomic mass is 9.66. The number of rotatable bonds is 2. The third-order valence-electron chi connectivity index (χ3n) is 6.71. The predicted molar refractivity (Wildman–Crippen MR) is 89.1 cm³/mol. The fraction of sp³-hybridized carbons (Fsp3) is 0.778. The van der Waals surface area contributed by atoms with Crippen LogP contribution in [0.5, 0.6) is 0 Å². The van der Waals surface area contributed by atoms with Crippen LogP contribution in [0.15, 0.2) is 6.07 Å². The van der Waals surface area contributed by atoms with Crippen molar-refractivity contribution in [3.63, 3.8) is 0 Å². The fourth-order valence-electron chi connectivity index (χ4n) is 5.62. The molecule has 1 aromatic heterocycles. The number of piperidine rings is 1. The van der Waals surface area contributed by atoms with Gasteiger partial charge in [-0.05, 0) is 52.6 Å². The number of amides is 1. The van der Waals surface area contributed by atoms with Crippen LogP contribution in [0.1, 0.15) is 44.0 Å². The number of hydrogen-bond donors (Lipinski definition) is 0. The number of nitrogens with zero attached hydrogens (tertiary/aromatic N) is 4. The molecule has 0 spiro atoms. The summed E-state index contributed by atoms with van der Waals surface area (Å²) < 4.78 is 1.86. The van der Waals surface area contributed by atoms with Gasteiger partial charge in [-0.1, -0.05) is 6.92 Å². The number of aromatic nitrogens is 2. The second-order valence-corrected chi connectivity index (χ2v) is 8.12. The van der Waals surface area contributed by atoms with Crippen LogP contribution in [0.3, 0.4) is 0 Å². The summed E-state index contributed by atoms with van der Waals surface area (Å²) in [4.78, 5) is 17.8. The summed E-state index contributed by atoms with van der Waals surface area (Å²) in [5, 5.41) is 4.47. The molecule has 0 aromatic carbocycles. The first-order chi connectivity index (χ1) is 10.9. The van der Waals surface area contributed by atoms with E-state index in [2.05, 4.69) is 28.9 Å². The molecule has 23 heavy (non-hydrogen) atoms. The Labute approximate surface area is 138 Å². The molecule has 2 bridgehead atoms. The number of carbonyl (C=O) groups excluding carboxylic acids is 1. The van der Waals surface area contributed by atoms with Gasteiger partial charge in [-0.2, -0.15) is 5.10 Å². The number of likely N-dealkylation sites (N-methyl/N-ethyl adjacent to an activating group) is 1. The zero-order chi connectivity index (χ0) is 16.4. The smallest absolute Gasteiger partial charge is 0.244 e. The summed E-state index contributed by atoms with van der Waals surface area (Å²) in [6, 6.07) is 3.63. The quantitative estimate of drug-likeness (QED) is 0.838. The fourth-order valence-corrected chi connectivity index (χ4v) is 5.62. The number of likely N-dealkylation sites (tertiary alicyclic amines) is 2. The maximum Gasteiger partial charge on any atom is 0.244 e. The zero-order valence-electron chi connectivity index (χ0n) is 14.7. The molecule has 1 aliphatic carbocycles. The van der Waals surface area contributed by atoms with Gasteiger partial charge in [0.2, 0.25) is 5.91 Å². The lowest BCUT2D eigenvalue weighted by Crippen LogP contribution is -2.58. The third-order valence-corrected chi connectivity index (χ3v) is 6.71. The van der Waals surface area contributed by atoms with E-state index >= 15 is 0 Å². The lowest BCUT2D eigenvalue weighted by Gasteiger charge is -2.50. The van der Waals surface area contributed by atoms with E-state index in [9.17, 15) is 4.79 Å². The van der Waals surface area contributed by atoms with Gasteiger partial charge in [0.1, 0.15) is 6.54 Å². The minimum atomic E-state index is 0.244. The van der Waals surface area contributed by atoms with Crippen LogP contribution in [0.4, 0.5) is 0 Å². The molecule has 4 rings (SSSR count). The van der Waals surface area contributed by atoms with Crippen LogP contribution in [-0.4, -0.2) is 57.2 Å². The van der Waals surface area contributed by atoms with Crippen LogP contribution in [0, 0.1) is 19.3 Å². The average Bonchev–Trinajstić information content (AvgIpc) is 2.94. The van der Waals surface area contributed by atoms with E-state index in [-0.39, 0.29) is 11.3 Å². The molecular formula is C18H28N4O. The molecule has 5 nitrogen and oxygen atoms in total. The minimum Gasteiger partial charge on any atom is -0.336 e. The van der Waals surface area contributed by atoms with E-state index in [0.717, 1.165) is 24.4 Å². The maximum absolute atomic E-state index is 13.0. The van der Waals surface area contributed by atoms with Gasteiger partial charge in [-0.25, -0.2) is 0 Å². The highest BCUT2D eigenvalue weighted by Gasteiger charge is 2.59. The van der Waals surface area contributed by atoms with Gasteiger partial charge in [0.05, 0.1) is 5.69 Å². The van der Waals surface area contributed by atoms with Crippen molar-refractivity contribution < 1.29 is 4.79 Å². The molecule has 5 heteroatoms. The third kappa shape index (κ3) is 2.16. The van der Waals surface area contributed by atoms with E-state index in [1.54, 1.807) is 0 Å². The predicted octanol–water partition coefficient (Wildman–Crippen LogP) is 1.97. The zero-order valence-corrected chi connectivity index (χ0v) is 14.7. The van der Waals surface area contributed by atoms with Gasteiger partial charge < -0.3 is 4.90 Å². The first kappa shape index (κ1) is 15.2. The van der Waals surface area contributed by atoms with Gasteiger partial charge in [-0.3, -0.25) is 14.4 Å². The highest BCUT2D eigenvalue weighted by atomic mass is 16.2. The van der Waals surface area contributed by atoms with Crippen LogP contribution in [0.25, 0.3) is 0 Å². The molecule has 3 heterocycles. The van der Waals surface area contributed by atoms with Crippen molar-refractivity contribution in [2.75, 3.05) is 13.6 Å². The topological polar surface area (TPSA) is 41.4 Å². The van der Waals surface area contributed by atoms with E-state index < -0.39 is 0 Å². The summed E-state index contributed by atoms with van der Waals surface area (Å²) in [7, 11) is 2.26. The highest BCUT2D eigenvalue weighted by molar-refractivity contribution is 5.77. The Bertz CT molecular complexity index is 639. The Morgan fingerprint density at radius 3 is 2.78 bits per heavy atom. The molecule has 3 fully saturated rings. The van der Waals surface area contributed by atoms with Gasteiger partial charge >= 0.3 is 0 Å². The van der Waals surface area contributed by atoms with E-state index in [1.807, 2.05) is 24.6 Å². The Morgan fingerprint density at radius 2 is 2.09 bits per heavy atom. The first-order valence-corrected chi connectivity index (χ1v) is 8.92.